The van der Waals surface area contributed by atoms with Gasteiger partial charge in [-0.3, -0.25) is 4.79 Å². The van der Waals surface area contributed by atoms with Crippen molar-refractivity contribution in [2.75, 3.05) is 32.1 Å². The number of hydrogen-bond donors (Lipinski definition) is 2. The molecule has 1 fully saturated rings. The minimum atomic E-state index is -0.541. The van der Waals surface area contributed by atoms with E-state index in [1.165, 1.54) is 18.2 Å². The van der Waals surface area contributed by atoms with Crippen molar-refractivity contribution in [1.82, 2.24) is 5.32 Å². The Morgan fingerprint density at radius 1 is 1.48 bits per heavy atom. The van der Waals surface area contributed by atoms with Gasteiger partial charge in [-0.05, 0) is 44.1 Å². The van der Waals surface area contributed by atoms with Crippen molar-refractivity contribution >= 4 is 35.6 Å². The molecule has 1 aromatic rings. The molecule has 0 aromatic heterocycles. The maximum absolute atomic E-state index is 13.1. The number of ether oxygens (including phenoxy) is 1. The average Bonchev–Trinajstić information content (AvgIpc) is 2.44. The van der Waals surface area contributed by atoms with Gasteiger partial charge in [0.1, 0.15) is 5.82 Å². The molecule has 7 heteroatoms. The van der Waals surface area contributed by atoms with Crippen LogP contribution in [0.3, 0.4) is 0 Å². The van der Waals surface area contributed by atoms with Crippen molar-refractivity contribution in [3.8, 4) is 0 Å². The van der Waals surface area contributed by atoms with Crippen LogP contribution in [0.25, 0.3) is 0 Å². The standard InChI is InChI=1S/C14H18ClFN2O2.ClH/c1-20-9-14(4-6-17-7-5-14)13(19)18-10-2-3-12(16)11(15)8-10;/h2-3,8,17H,4-7,9H2,1H3,(H,18,19);1H. The smallest absolute Gasteiger partial charge is 0.233 e. The van der Waals surface area contributed by atoms with Crippen LogP contribution in [-0.2, 0) is 9.53 Å². The maximum Gasteiger partial charge on any atom is 0.233 e. The van der Waals surface area contributed by atoms with Crippen LogP contribution in [-0.4, -0.2) is 32.7 Å². The molecule has 0 spiro atoms. The van der Waals surface area contributed by atoms with E-state index in [-0.39, 0.29) is 23.3 Å². The third-order valence-electron chi connectivity index (χ3n) is 3.64. The summed E-state index contributed by atoms with van der Waals surface area (Å²) in [6.07, 6.45) is 1.42. The molecule has 118 valence electrons. The zero-order valence-corrected chi connectivity index (χ0v) is 13.3. The summed E-state index contributed by atoms with van der Waals surface area (Å²) in [6.45, 7) is 1.93. The average molecular weight is 337 g/mol. The van der Waals surface area contributed by atoms with Crippen LogP contribution in [0.2, 0.25) is 5.02 Å². The van der Waals surface area contributed by atoms with Crippen molar-refractivity contribution in [2.45, 2.75) is 12.8 Å². The van der Waals surface area contributed by atoms with Crippen LogP contribution in [0.4, 0.5) is 10.1 Å². The zero-order chi connectivity index (χ0) is 14.6. The monoisotopic (exact) mass is 336 g/mol. The van der Waals surface area contributed by atoms with Gasteiger partial charge in [0.05, 0.1) is 17.0 Å². The predicted molar refractivity (Wildman–Crippen MR) is 83.7 cm³/mol. The molecule has 0 saturated carbocycles. The van der Waals surface area contributed by atoms with Gasteiger partial charge in [0, 0.05) is 12.8 Å². The van der Waals surface area contributed by atoms with E-state index in [4.69, 9.17) is 16.3 Å². The number of methoxy groups -OCH3 is 1. The first-order valence-corrected chi connectivity index (χ1v) is 6.91. The minimum Gasteiger partial charge on any atom is -0.384 e. The van der Waals surface area contributed by atoms with Crippen LogP contribution in [0.1, 0.15) is 12.8 Å². The molecule has 0 radical (unpaired) electrons. The molecule has 1 aliphatic rings. The summed E-state index contributed by atoms with van der Waals surface area (Å²) < 4.78 is 18.3. The number of anilines is 1. The van der Waals surface area contributed by atoms with Crippen LogP contribution >= 0.6 is 24.0 Å². The highest BCUT2D eigenvalue weighted by Gasteiger charge is 2.39. The Morgan fingerprint density at radius 3 is 2.71 bits per heavy atom. The van der Waals surface area contributed by atoms with E-state index in [2.05, 4.69) is 10.6 Å². The van der Waals surface area contributed by atoms with Gasteiger partial charge >= 0.3 is 0 Å². The van der Waals surface area contributed by atoms with Crippen molar-refractivity contribution in [2.24, 2.45) is 5.41 Å². The molecular weight excluding hydrogens is 318 g/mol. The van der Waals surface area contributed by atoms with E-state index in [1.54, 1.807) is 7.11 Å². The fourth-order valence-corrected chi connectivity index (χ4v) is 2.64. The lowest BCUT2D eigenvalue weighted by atomic mass is 9.78. The Hall–Kier alpha value is -0.880. The van der Waals surface area contributed by atoms with Gasteiger partial charge < -0.3 is 15.4 Å². The fraction of sp³-hybridized carbons (Fsp3) is 0.500. The second-order valence-corrected chi connectivity index (χ2v) is 5.45. The van der Waals surface area contributed by atoms with Crippen LogP contribution in [0, 0.1) is 11.2 Å². The summed E-state index contributed by atoms with van der Waals surface area (Å²) >= 11 is 5.72. The lowest BCUT2D eigenvalue weighted by Gasteiger charge is -2.35. The second kappa shape index (κ2) is 7.94. The Labute approximate surface area is 134 Å². The van der Waals surface area contributed by atoms with Crippen LogP contribution in [0.15, 0.2) is 18.2 Å². The summed E-state index contributed by atoms with van der Waals surface area (Å²) in [6, 6.07) is 4.15. The van der Waals surface area contributed by atoms with E-state index < -0.39 is 11.2 Å². The van der Waals surface area contributed by atoms with Gasteiger partial charge in [-0.1, -0.05) is 11.6 Å². The molecule has 2 rings (SSSR count). The largest absolute Gasteiger partial charge is 0.384 e. The summed E-state index contributed by atoms with van der Waals surface area (Å²) in [4.78, 5) is 12.5. The van der Waals surface area contributed by atoms with Crippen molar-refractivity contribution in [3.63, 3.8) is 0 Å². The number of carbonyl (C=O) groups is 1. The number of halogens is 3. The van der Waals surface area contributed by atoms with E-state index in [9.17, 15) is 9.18 Å². The van der Waals surface area contributed by atoms with E-state index in [0.717, 1.165) is 13.1 Å². The van der Waals surface area contributed by atoms with Crippen LogP contribution in [0.5, 0.6) is 0 Å². The Morgan fingerprint density at radius 2 is 2.14 bits per heavy atom. The molecule has 4 nitrogen and oxygen atoms in total. The summed E-state index contributed by atoms with van der Waals surface area (Å²) in [5.41, 5.74) is -0.0451. The molecule has 1 saturated heterocycles. The molecular formula is C14H19Cl2FN2O2. The first-order chi connectivity index (χ1) is 9.57. The van der Waals surface area contributed by atoms with E-state index in [1.807, 2.05) is 0 Å². The summed E-state index contributed by atoms with van der Waals surface area (Å²) in [5, 5.41) is 6.03. The number of hydrogen-bond acceptors (Lipinski definition) is 3. The highest BCUT2D eigenvalue weighted by Crippen LogP contribution is 2.31. The fourth-order valence-electron chi connectivity index (χ4n) is 2.46. The van der Waals surface area contributed by atoms with Gasteiger partial charge in [-0.15, -0.1) is 12.4 Å². The van der Waals surface area contributed by atoms with E-state index >= 15 is 0 Å². The number of piperidine rings is 1. The molecule has 1 aliphatic heterocycles. The van der Waals surface area contributed by atoms with Crippen molar-refractivity contribution in [1.29, 1.82) is 0 Å². The molecule has 1 heterocycles. The molecule has 0 atom stereocenters. The highest BCUT2D eigenvalue weighted by molar-refractivity contribution is 6.31. The zero-order valence-electron chi connectivity index (χ0n) is 11.7. The Balaban J connectivity index is 0.00000220. The molecule has 21 heavy (non-hydrogen) atoms. The quantitative estimate of drug-likeness (QED) is 0.888. The highest BCUT2D eigenvalue weighted by atomic mass is 35.5. The lowest BCUT2D eigenvalue weighted by Crippen LogP contribution is -2.47. The summed E-state index contributed by atoms with van der Waals surface area (Å²) in [5.74, 6) is -0.610. The normalized spacial score (nSPS) is 16.9. The minimum absolute atomic E-state index is 0. The van der Waals surface area contributed by atoms with Crippen LogP contribution < -0.4 is 10.6 Å². The third kappa shape index (κ3) is 4.30. The molecule has 2 N–H and O–H groups in total. The molecule has 0 unspecified atom stereocenters. The molecule has 0 bridgehead atoms. The van der Waals surface area contributed by atoms with Crippen molar-refractivity contribution in [3.05, 3.63) is 29.0 Å². The number of amides is 1. The van der Waals surface area contributed by atoms with Gasteiger partial charge in [-0.2, -0.15) is 0 Å². The molecule has 0 aliphatic carbocycles. The Bertz CT molecular complexity index is 488. The first-order valence-electron chi connectivity index (χ1n) is 6.53. The number of nitrogens with one attached hydrogen (secondary N) is 2. The third-order valence-corrected chi connectivity index (χ3v) is 3.93. The van der Waals surface area contributed by atoms with E-state index in [0.29, 0.717) is 25.1 Å². The molecule has 1 aromatic carbocycles. The topological polar surface area (TPSA) is 50.4 Å². The lowest BCUT2D eigenvalue weighted by molar-refractivity contribution is -0.130. The Kier molecular flexibility index (Phi) is 6.87. The first kappa shape index (κ1) is 18.2. The molecule has 1 amide bonds. The second-order valence-electron chi connectivity index (χ2n) is 5.05. The van der Waals surface area contributed by atoms with Gasteiger partial charge in [0.15, 0.2) is 0 Å². The van der Waals surface area contributed by atoms with Gasteiger partial charge in [0.25, 0.3) is 0 Å². The number of benzene rings is 1. The van der Waals surface area contributed by atoms with Crippen molar-refractivity contribution < 1.29 is 13.9 Å². The number of rotatable bonds is 4. The predicted octanol–water partition coefficient (Wildman–Crippen LogP) is 2.86. The maximum atomic E-state index is 13.1. The summed E-state index contributed by atoms with van der Waals surface area (Å²) in [7, 11) is 1.59. The van der Waals surface area contributed by atoms with Gasteiger partial charge in [-0.25, -0.2) is 4.39 Å². The van der Waals surface area contributed by atoms with Gasteiger partial charge in [0.2, 0.25) is 5.91 Å². The SMILES string of the molecule is COCC1(C(=O)Nc2ccc(F)c(Cl)c2)CCNCC1.Cl. The number of carbonyl (C=O) groups excluding carboxylic acids is 1.